The van der Waals surface area contributed by atoms with Gasteiger partial charge in [-0.2, -0.15) is 0 Å². The van der Waals surface area contributed by atoms with Gasteiger partial charge in [0.05, 0.1) is 0 Å². The molecular weight excluding hydrogens is 352 g/mol. The van der Waals surface area contributed by atoms with Crippen molar-refractivity contribution in [2.24, 2.45) is 0 Å². The summed E-state index contributed by atoms with van der Waals surface area (Å²) >= 11 is 1.88. The summed E-state index contributed by atoms with van der Waals surface area (Å²) < 4.78 is 13.7. The predicted octanol–water partition coefficient (Wildman–Crippen LogP) is 7.01. The third-order valence-corrected chi connectivity index (χ3v) is 6.65. The minimum atomic E-state index is -0.0671. The molecule has 0 amide bonds. The van der Waals surface area contributed by atoms with Gasteiger partial charge in [0.2, 0.25) is 0 Å². The summed E-state index contributed by atoms with van der Waals surface area (Å²) in [5, 5.41) is 1.31. The fourth-order valence-corrected chi connectivity index (χ4v) is 4.49. The van der Waals surface area contributed by atoms with Crippen LogP contribution in [0, 0.1) is 0 Å². The normalized spacial score (nSPS) is 17.3. The number of ether oxygens (including phenoxy) is 2. The summed E-state index contributed by atoms with van der Waals surface area (Å²) in [6.07, 6.45) is -0.0671. The van der Waals surface area contributed by atoms with Crippen molar-refractivity contribution in [2.45, 2.75) is 58.5 Å². The van der Waals surface area contributed by atoms with Crippen molar-refractivity contribution in [1.29, 1.82) is 0 Å². The van der Waals surface area contributed by atoms with E-state index < -0.39 is 0 Å². The van der Waals surface area contributed by atoms with Crippen LogP contribution >= 0.6 is 11.3 Å². The van der Waals surface area contributed by atoms with E-state index in [1.54, 1.807) is 0 Å². The van der Waals surface area contributed by atoms with Gasteiger partial charge < -0.3 is 9.47 Å². The predicted molar refractivity (Wildman–Crippen MR) is 115 cm³/mol. The van der Waals surface area contributed by atoms with Crippen molar-refractivity contribution < 1.29 is 9.47 Å². The molecule has 0 spiro atoms. The average molecular weight is 381 g/mol. The smallest absolute Gasteiger partial charge is 0.162 e. The van der Waals surface area contributed by atoms with Gasteiger partial charge in [-0.05, 0) is 51.6 Å². The number of benzene rings is 2. The molecule has 0 aliphatic carbocycles. The molecule has 2 aromatic carbocycles. The Kier molecular flexibility index (Phi) is 4.27. The number of fused-ring (bicyclic) bond motifs is 2. The maximum Gasteiger partial charge on any atom is 0.162 e. The number of hydrogen-bond donors (Lipinski definition) is 0. The van der Waals surface area contributed by atoms with Crippen molar-refractivity contribution in [2.75, 3.05) is 6.61 Å². The van der Waals surface area contributed by atoms with Crippen molar-refractivity contribution >= 4 is 21.4 Å². The minimum Gasteiger partial charge on any atom is -0.485 e. The average Bonchev–Trinajstić information content (AvgIpc) is 3.03. The second-order valence-electron chi connectivity index (χ2n) is 9.49. The Balaban J connectivity index is 1.62. The molecule has 142 valence electrons. The van der Waals surface area contributed by atoms with Crippen LogP contribution in [0.3, 0.4) is 0 Å². The van der Waals surface area contributed by atoms with Crippen molar-refractivity contribution in [1.82, 2.24) is 0 Å². The van der Waals surface area contributed by atoms with E-state index in [0.29, 0.717) is 6.61 Å². The maximum atomic E-state index is 6.29. The zero-order valence-electron chi connectivity index (χ0n) is 17.1. The number of rotatable bonds is 1. The fourth-order valence-electron chi connectivity index (χ4n) is 3.32. The van der Waals surface area contributed by atoms with E-state index in [9.17, 15) is 0 Å². The molecule has 2 nitrogen and oxygen atoms in total. The molecule has 3 aromatic rings. The van der Waals surface area contributed by atoms with Gasteiger partial charge in [0, 0.05) is 9.58 Å². The molecule has 0 bridgehead atoms. The Hall–Kier alpha value is -2.00. The highest BCUT2D eigenvalue weighted by Gasteiger charge is 2.25. The molecule has 0 saturated heterocycles. The lowest BCUT2D eigenvalue weighted by Crippen LogP contribution is -2.22. The zero-order valence-corrected chi connectivity index (χ0v) is 17.9. The van der Waals surface area contributed by atoms with E-state index in [1.807, 2.05) is 17.4 Å². The van der Waals surface area contributed by atoms with E-state index in [2.05, 4.69) is 77.9 Å². The van der Waals surface area contributed by atoms with Crippen LogP contribution in [0.15, 0.2) is 42.5 Å². The van der Waals surface area contributed by atoms with Crippen LogP contribution in [0.25, 0.3) is 10.1 Å². The Morgan fingerprint density at radius 2 is 1.63 bits per heavy atom. The van der Waals surface area contributed by atoms with E-state index in [-0.39, 0.29) is 16.9 Å². The van der Waals surface area contributed by atoms with Gasteiger partial charge in [-0.15, -0.1) is 11.3 Å². The Labute approximate surface area is 166 Å². The van der Waals surface area contributed by atoms with Gasteiger partial charge in [-0.3, -0.25) is 0 Å². The fraction of sp³-hybridized carbons (Fsp3) is 0.417. The molecule has 4 rings (SSSR count). The Morgan fingerprint density at radius 1 is 0.852 bits per heavy atom. The van der Waals surface area contributed by atoms with Gasteiger partial charge in [0.25, 0.3) is 0 Å². The van der Waals surface area contributed by atoms with E-state index in [0.717, 1.165) is 11.5 Å². The lowest BCUT2D eigenvalue weighted by molar-refractivity contribution is 0.0911. The summed E-state index contributed by atoms with van der Waals surface area (Å²) in [6, 6.07) is 15.3. The molecule has 0 fully saturated rings. The van der Waals surface area contributed by atoms with Crippen LogP contribution in [-0.4, -0.2) is 6.61 Å². The third kappa shape index (κ3) is 3.58. The van der Waals surface area contributed by atoms with Crippen LogP contribution in [0.2, 0.25) is 0 Å². The molecule has 1 aliphatic rings. The van der Waals surface area contributed by atoms with Crippen LogP contribution in [0.1, 0.15) is 63.7 Å². The number of hydrogen-bond acceptors (Lipinski definition) is 3. The monoisotopic (exact) mass is 380 g/mol. The highest BCUT2D eigenvalue weighted by atomic mass is 32.1. The quantitative estimate of drug-likeness (QED) is 0.452. The molecule has 2 heterocycles. The second kappa shape index (κ2) is 6.27. The van der Waals surface area contributed by atoms with E-state index in [4.69, 9.17) is 9.47 Å². The number of thiophene rings is 1. The maximum absolute atomic E-state index is 6.29. The summed E-state index contributed by atoms with van der Waals surface area (Å²) in [7, 11) is 0. The van der Waals surface area contributed by atoms with Crippen molar-refractivity contribution in [3.8, 4) is 11.5 Å². The summed E-state index contributed by atoms with van der Waals surface area (Å²) in [5.74, 6) is 1.69. The highest BCUT2D eigenvalue weighted by Crippen LogP contribution is 2.41. The molecule has 27 heavy (non-hydrogen) atoms. The zero-order chi connectivity index (χ0) is 19.4. The lowest BCUT2D eigenvalue weighted by atomic mass is 9.87. The first-order chi connectivity index (χ1) is 12.6. The Morgan fingerprint density at radius 3 is 2.33 bits per heavy atom. The van der Waals surface area contributed by atoms with Crippen LogP contribution < -0.4 is 9.47 Å². The largest absolute Gasteiger partial charge is 0.485 e. The topological polar surface area (TPSA) is 18.5 Å². The van der Waals surface area contributed by atoms with Crippen LogP contribution in [-0.2, 0) is 10.8 Å². The van der Waals surface area contributed by atoms with Crippen LogP contribution in [0.4, 0.5) is 0 Å². The van der Waals surface area contributed by atoms with Gasteiger partial charge in [0.1, 0.15) is 6.61 Å². The molecule has 1 aromatic heterocycles. The third-order valence-electron chi connectivity index (χ3n) is 5.12. The summed E-state index contributed by atoms with van der Waals surface area (Å²) in [4.78, 5) is 1.41. The second-order valence-corrected chi connectivity index (χ2v) is 10.6. The molecule has 0 radical (unpaired) electrons. The molecule has 1 atom stereocenters. The van der Waals surface area contributed by atoms with E-state index in [1.165, 1.54) is 26.1 Å². The van der Waals surface area contributed by atoms with Gasteiger partial charge >= 0.3 is 0 Å². The van der Waals surface area contributed by atoms with Crippen LogP contribution in [0.5, 0.6) is 11.5 Å². The standard InChI is InChI=1S/C24H28O2S/c1-23(2,3)17-9-10-18-19(13-17)25-14-20(26-18)15-7-8-16-12-22(24(4,5)6)27-21(16)11-15/h7-13,20H,14H2,1-6H3. The molecule has 1 unspecified atom stereocenters. The SMILES string of the molecule is CC(C)(C)c1ccc2c(c1)OCC(c1ccc3cc(C(C)(C)C)sc3c1)O2. The van der Waals surface area contributed by atoms with Crippen molar-refractivity contribution in [3.05, 3.63) is 58.5 Å². The molecule has 0 N–H and O–H groups in total. The molecule has 1 aliphatic heterocycles. The van der Waals surface area contributed by atoms with Gasteiger partial charge in [-0.25, -0.2) is 0 Å². The Bertz CT molecular complexity index is 986. The summed E-state index contributed by atoms with van der Waals surface area (Å²) in [6.45, 7) is 14.0. The first kappa shape index (κ1) is 18.4. The lowest BCUT2D eigenvalue weighted by Gasteiger charge is -2.29. The molecular formula is C24H28O2S. The first-order valence-electron chi connectivity index (χ1n) is 9.59. The highest BCUT2D eigenvalue weighted by molar-refractivity contribution is 7.19. The van der Waals surface area contributed by atoms with Crippen molar-refractivity contribution in [3.63, 3.8) is 0 Å². The van der Waals surface area contributed by atoms with Gasteiger partial charge in [-0.1, -0.05) is 59.7 Å². The van der Waals surface area contributed by atoms with Gasteiger partial charge in [0.15, 0.2) is 17.6 Å². The minimum absolute atomic E-state index is 0.0671. The molecule has 3 heteroatoms. The first-order valence-corrected chi connectivity index (χ1v) is 10.4. The summed E-state index contributed by atoms with van der Waals surface area (Å²) in [5.41, 5.74) is 2.72. The van der Waals surface area contributed by atoms with E-state index >= 15 is 0 Å². The molecule has 0 saturated carbocycles.